The van der Waals surface area contributed by atoms with Crippen LogP contribution in [0, 0.1) is 0 Å². The molecule has 3 rings (SSSR count). The van der Waals surface area contributed by atoms with E-state index in [4.69, 9.17) is 14.5 Å². The lowest BCUT2D eigenvalue weighted by Gasteiger charge is -2.11. The quantitative estimate of drug-likeness (QED) is 0.708. The predicted molar refractivity (Wildman–Crippen MR) is 96.5 cm³/mol. The van der Waals surface area contributed by atoms with E-state index < -0.39 is 0 Å². The average molecular weight is 345 g/mol. The van der Waals surface area contributed by atoms with Crippen LogP contribution in [0.25, 0.3) is 11.0 Å². The first-order chi connectivity index (χ1) is 12.3. The minimum atomic E-state index is -0.254. The van der Waals surface area contributed by atoms with Crippen LogP contribution >= 0.6 is 0 Å². The number of aryl methyl sites for hydroxylation is 1. The SMILES string of the molecule is CCOCCn1c(CCCNC(=O)C2CCCO2)nc2ccccc21. The van der Waals surface area contributed by atoms with Crippen LogP contribution in [0.15, 0.2) is 24.3 Å². The summed E-state index contributed by atoms with van der Waals surface area (Å²) in [7, 11) is 0. The van der Waals surface area contributed by atoms with Crippen LogP contribution in [0.1, 0.15) is 32.0 Å². The van der Waals surface area contributed by atoms with Gasteiger partial charge in [0.15, 0.2) is 0 Å². The molecule has 1 amide bonds. The number of fused-ring (bicyclic) bond motifs is 1. The highest BCUT2D eigenvalue weighted by Crippen LogP contribution is 2.17. The smallest absolute Gasteiger partial charge is 0.249 e. The highest BCUT2D eigenvalue weighted by molar-refractivity contribution is 5.80. The molecule has 1 aliphatic heterocycles. The summed E-state index contributed by atoms with van der Waals surface area (Å²) in [4.78, 5) is 16.7. The Kier molecular flexibility index (Phi) is 6.42. The average Bonchev–Trinajstić information content (AvgIpc) is 3.27. The molecule has 1 unspecified atom stereocenters. The van der Waals surface area contributed by atoms with Crippen molar-refractivity contribution in [1.29, 1.82) is 0 Å². The molecule has 0 radical (unpaired) electrons. The van der Waals surface area contributed by atoms with Crippen LogP contribution in [0.4, 0.5) is 0 Å². The maximum Gasteiger partial charge on any atom is 0.249 e. The fraction of sp³-hybridized carbons (Fsp3) is 0.579. The number of amides is 1. The third-order valence-corrected chi connectivity index (χ3v) is 4.50. The lowest BCUT2D eigenvalue weighted by Crippen LogP contribution is -2.34. The second-order valence-electron chi connectivity index (χ2n) is 6.26. The maximum absolute atomic E-state index is 12.0. The maximum atomic E-state index is 12.0. The van der Waals surface area contributed by atoms with Gasteiger partial charge >= 0.3 is 0 Å². The first-order valence-corrected chi connectivity index (χ1v) is 9.20. The van der Waals surface area contributed by atoms with E-state index in [-0.39, 0.29) is 12.0 Å². The molecule has 1 aliphatic rings. The molecule has 25 heavy (non-hydrogen) atoms. The van der Waals surface area contributed by atoms with E-state index in [1.807, 2.05) is 25.1 Å². The van der Waals surface area contributed by atoms with Crippen molar-refractivity contribution in [1.82, 2.24) is 14.9 Å². The molecule has 2 aromatic rings. The zero-order valence-corrected chi connectivity index (χ0v) is 14.9. The number of ether oxygens (including phenoxy) is 2. The van der Waals surface area contributed by atoms with Gasteiger partial charge in [-0.05, 0) is 38.3 Å². The van der Waals surface area contributed by atoms with Gasteiger partial charge in [0.25, 0.3) is 0 Å². The number of benzene rings is 1. The molecule has 0 aliphatic carbocycles. The first kappa shape index (κ1) is 17.9. The number of imidazole rings is 1. The van der Waals surface area contributed by atoms with Crippen LogP contribution in [0.5, 0.6) is 0 Å². The number of nitrogens with one attached hydrogen (secondary N) is 1. The molecule has 1 aromatic carbocycles. The number of hydrogen-bond donors (Lipinski definition) is 1. The molecule has 1 fully saturated rings. The summed E-state index contributed by atoms with van der Waals surface area (Å²) in [5, 5.41) is 2.97. The Hall–Kier alpha value is -1.92. The topological polar surface area (TPSA) is 65.4 Å². The summed E-state index contributed by atoms with van der Waals surface area (Å²) in [5.74, 6) is 1.06. The highest BCUT2D eigenvalue weighted by atomic mass is 16.5. The van der Waals surface area contributed by atoms with Crippen molar-refractivity contribution in [2.75, 3.05) is 26.4 Å². The third kappa shape index (κ3) is 4.58. The van der Waals surface area contributed by atoms with Crippen molar-refractivity contribution in [3.05, 3.63) is 30.1 Å². The molecule has 1 N–H and O–H groups in total. The number of carbonyl (C=O) groups is 1. The lowest BCUT2D eigenvalue weighted by atomic mass is 10.2. The molecule has 0 saturated carbocycles. The number of aromatic nitrogens is 2. The molecule has 6 nitrogen and oxygen atoms in total. The monoisotopic (exact) mass is 345 g/mol. The van der Waals surface area contributed by atoms with Crippen molar-refractivity contribution in [3.63, 3.8) is 0 Å². The molecular formula is C19H27N3O3. The fourth-order valence-electron chi connectivity index (χ4n) is 3.22. The van der Waals surface area contributed by atoms with Gasteiger partial charge in [0.1, 0.15) is 11.9 Å². The largest absolute Gasteiger partial charge is 0.380 e. The van der Waals surface area contributed by atoms with Crippen LogP contribution in [-0.4, -0.2) is 47.9 Å². The van der Waals surface area contributed by atoms with E-state index >= 15 is 0 Å². The van der Waals surface area contributed by atoms with E-state index in [1.165, 1.54) is 0 Å². The van der Waals surface area contributed by atoms with Crippen molar-refractivity contribution in [2.45, 2.75) is 45.3 Å². The molecular weight excluding hydrogens is 318 g/mol. The molecule has 136 valence electrons. The summed E-state index contributed by atoms with van der Waals surface area (Å²) >= 11 is 0. The molecule has 1 saturated heterocycles. The normalized spacial score (nSPS) is 17.2. The second kappa shape index (κ2) is 8.97. The van der Waals surface area contributed by atoms with Crippen molar-refractivity contribution in [2.24, 2.45) is 0 Å². The Morgan fingerprint density at radius 2 is 2.32 bits per heavy atom. The Balaban J connectivity index is 1.56. The molecule has 6 heteroatoms. The molecule has 0 bridgehead atoms. The summed E-state index contributed by atoms with van der Waals surface area (Å²) in [6.07, 6.45) is 3.24. The zero-order valence-electron chi connectivity index (χ0n) is 14.9. The lowest BCUT2D eigenvalue weighted by molar-refractivity contribution is -0.130. The Morgan fingerprint density at radius 1 is 1.44 bits per heavy atom. The van der Waals surface area contributed by atoms with Crippen molar-refractivity contribution in [3.8, 4) is 0 Å². The van der Waals surface area contributed by atoms with Crippen LogP contribution in [0.2, 0.25) is 0 Å². The summed E-state index contributed by atoms with van der Waals surface area (Å²) in [6, 6.07) is 8.17. The second-order valence-corrected chi connectivity index (χ2v) is 6.26. The Bertz CT molecular complexity index is 692. The number of carbonyl (C=O) groups excluding carboxylic acids is 1. The number of para-hydroxylation sites is 2. The number of rotatable bonds is 9. The Morgan fingerprint density at radius 3 is 3.12 bits per heavy atom. The van der Waals surface area contributed by atoms with E-state index in [0.717, 1.165) is 55.7 Å². The minimum Gasteiger partial charge on any atom is -0.380 e. The van der Waals surface area contributed by atoms with Crippen LogP contribution in [0.3, 0.4) is 0 Å². The molecule has 2 heterocycles. The van der Waals surface area contributed by atoms with Gasteiger partial charge in [-0.2, -0.15) is 0 Å². The van der Waals surface area contributed by atoms with E-state index in [0.29, 0.717) is 19.8 Å². The van der Waals surface area contributed by atoms with E-state index in [9.17, 15) is 4.79 Å². The van der Waals surface area contributed by atoms with Crippen LogP contribution < -0.4 is 5.32 Å². The summed E-state index contributed by atoms with van der Waals surface area (Å²) in [6.45, 7) is 5.54. The van der Waals surface area contributed by atoms with Crippen LogP contribution in [-0.2, 0) is 27.2 Å². The standard InChI is InChI=1S/C19H27N3O3/c1-2-24-14-12-22-16-8-4-3-7-15(16)21-18(22)10-5-11-20-19(23)17-9-6-13-25-17/h3-4,7-8,17H,2,5-6,9-14H2,1H3,(H,20,23). The van der Waals surface area contributed by atoms with Gasteiger partial charge in [0, 0.05) is 32.7 Å². The summed E-state index contributed by atoms with van der Waals surface area (Å²) in [5.41, 5.74) is 2.15. The van der Waals surface area contributed by atoms with Gasteiger partial charge in [-0.1, -0.05) is 12.1 Å². The van der Waals surface area contributed by atoms with Gasteiger partial charge in [-0.15, -0.1) is 0 Å². The van der Waals surface area contributed by atoms with Crippen molar-refractivity contribution < 1.29 is 14.3 Å². The fourth-order valence-corrected chi connectivity index (χ4v) is 3.22. The highest BCUT2D eigenvalue weighted by Gasteiger charge is 2.22. The van der Waals surface area contributed by atoms with Gasteiger partial charge in [-0.3, -0.25) is 4.79 Å². The third-order valence-electron chi connectivity index (χ3n) is 4.50. The van der Waals surface area contributed by atoms with Gasteiger partial charge in [0.2, 0.25) is 5.91 Å². The van der Waals surface area contributed by atoms with E-state index in [2.05, 4.69) is 16.0 Å². The first-order valence-electron chi connectivity index (χ1n) is 9.20. The molecule has 0 spiro atoms. The minimum absolute atomic E-state index is 0.0161. The molecule has 1 atom stereocenters. The zero-order chi connectivity index (χ0) is 17.5. The Labute approximate surface area is 148 Å². The molecule has 1 aromatic heterocycles. The van der Waals surface area contributed by atoms with Crippen molar-refractivity contribution >= 4 is 16.9 Å². The van der Waals surface area contributed by atoms with Gasteiger partial charge in [-0.25, -0.2) is 4.98 Å². The van der Waals surface area contributed by atoms with Gasteiger partial charge in [0.05, 0.1) is 17.6 Å². The summed E-state index contributed by atoms with van der Waals surface area (Å²) < 4.78 is 13.1. The number of hydrogen-bond acceptors (Lipinski definition) is 4. The van der Waals surface area contributed by atoms with E-state index in [1.54, 1.807) is 0 Å². The predicted octanol–water partition coefficient (Wildman–Crippen LogP) is 2.30. The van der Waals surface area contributed by atoms with Gasteiger partial charge < -0.3 is 19.4 Å². The number of nitrogens with zero attached hydrogens (tertiary/aromatic N) is 2.